The molecule has 0 spiro atoms. The van der Waals surface area contributed by atoms with Gasteiger partial charge in [-0.2, -0.15) is 0 Å². The zero-order chi connectivity index (χ0) is 24.2. The summed E-state index contributed by atoms with van der Waals surface area (Å²) in [5, 5.41) is 3.43. The van der Waals surface area contributed by atoms with E-state index in [2.05, 4.69) is 21.2 Å². The maximum absolute atomic E-state index is 13.6. The van der Waals surface area contributed by atoms with Crippen LogP contribution in [0, 0.1) is 0 Å². The molecule has 0 saturated carbocycles. The molecule has 1 N–H and O–H groups in total. The summed E-state index contributed by atoms with van der Waals surface area (Å²) < 4.78 is 7.72. The van der Waals surface area contributed by atoms with Crippen molar-refractivity contribution in [2.45, 2.75) is 19.4 Å². The van der Waals surface area contributed by atoms with Gasteiger partial charge in [0.2, 0.25) is 0 Å². The molecule has 0 aliphatic carbocycles. The number of hydrogen-bond donors (Lipinski definition) is 1. The number of para-hydroxylation sites is 1. The Morgan fingerprint density at radius 2 is 1.85 bits per heavy atom. The van der Waals surface area contributed by atoms with Crippen molar-refractivity contribution >= 4 is 38.6 Å². The van der Waals surface area contributed by atoms with E-state index in [1.54, 1.807) is 41.8 Å². The lowest BCUT2D eigenvalue weighted by Crippen LogP contribution is -2.38. The summed E-state index contributed by atoms with van der Waals surface area (Å²) in [4.78, 5) is 33.2. The van der Waals surface area contributed by atoms with E-state index in [1.165, 1.54) is 0 Å². The van der Waals surface area contributed by atoms with Crippen LogP contribution >= 0.6 is 15.9 Å². The van der Waals surface area contributed by atoms with Crippen LogP contribution in [0.25, 0.3) is 16.6 Å². The average molecular weight is 521 g/mol. The molecule has 1 heterocycles. The predicted molar refractivity (Wildman–Crippen MR) is 138 cm³/mol. The average Bonchev–Trinajstić information content (AvgIpc) is 2.85. The van der Waals surface area contributed by atoms with Crippen molar-refractivity contribution in [2.75, 3.05) is 19.5 Å². The number of urea groups is 1. The third-order valence-corrected chi connectivity index (χ3v) is 6.17. The Kier molecular flexibility index (Phi) is 6.98. The van der Waals surface area contributed by atoms with Gasteiger partial charge in [0.1, 0.15) is 11.6 Å². The smallest absolute Gasteiger partial charge is 0.322 e. The number of aromatic nitrogens is 2. The van der Waals surface area contributed by atoms with Crippen LogP contribution in [0.1, 0.15) is 25.2 Å². The molecular weight excluding hydrogens is 496 g/mol. The number of amides is 2. The Bertz CT molecular complexity index is 1390. The van der Waals surface area contributed by atoms with E-state index in [4.69, 9.17) is 9.72 Å². The lowest BCUT2D eigenvalue weighted by Gasteiger charge is -2.29. The van der Waals surface area contributed by atoms with E-state index in [-0.39, 0.29) is 11.6 Å². The first-order valence-electron chi connectivity index (χ1n) is 10.9. The van der Waals surface area contributed by atoms with Gasteiger partial charge in [0.05, 0.1) is 29.7 Å². The molecule has 2 amide bonds. The summed E-state index contributed by atoms with van der Waals surface area (Å²) in [6.07, 6.45) is 0.559. The van der Waals surface area contributed by atoms with Crippen LogP contribution in [0.2, 0.25) is 0 Å². The molecular formula is C26H25BrN4O3. The van der Waals surface area contributed by atoms with Gasteiger partial charge in [-0.15, -0.1) is 0 Å². The largest absolute Gasteiger partial charge is 0.497 e. The van der Waals surface area contributed by atoms with E-state index in [0.29, 0.717) is 40.3 Å². The highest BCUT2D eigenvalue weighted by molar-refractivity contribution is 9.10. The summed E-state index contributed by atoms with van der Waals surface area (Å²) in [7, 11) is 3.30. The quantitative estimate of drug-likeness (QED) is 0.350. The zero-order valence-corrected chi connectivity index (χ0v) is 20.7. The van der Waals surface area contributed by atoms with Gasteiger partial charge in [-0.05, 0) is 61.0 Å². The molecule has 34 heavy (non-hydrogen) atoms. The van der Waals surface area contributed by atoms with Crippen LogP contribution in [-0.2, 0) is 0 Å². The third kappa shape index (κ3) is 4.68. The van der Waals surface area contributed by atoms with Gasteiger partial charge in [0, 0.05) is 17.2 Å². The van der Waals surface area contributed by atoms with Gasteiger partial charge >= 0.3 is 6.03 Å². The number of ether oxygens (including phenoxy) is 1. The van der Waals surface area contributed by atoms with Gasteiger partial charge in [-0.1, -0.05) is 41.1 Å². The second-order valence-corrected chi connectivity index (χ2v) is 8.72. The van der Waals surface area contributed by atoms with Crippen molar-refractivity contribution in [3.05, 3.63) is 93.4 Å². The van der Waals surface area contributed by atoms with E-state index in [9.17, 15) is 9.59 Å². The third-order valence-electron chi connectivity index (χ3n) is 5.68. The van der Waals surface area contributed by atoms with Crippen molar-refractivity contribution in [1.82, 2.24) is 14.5 Å². The molecule has 1 atom stereocenters. The summed E-state index contributed by atoms with van der Waals surface area (Å²) in [6, 6.07) is 21.1. The predicted octanol–water partition coefficient (Wildman–Crippen LogP) is 5.77. The van der Waals surface area contributed by atoms with Crippen LogP contribution in [0.15, 0.2) is 82.1 Å². The Hall–Kier alpha value is -3.65. The maximum Gasteiger partial charge on any atom is 0.322 e. The lowest BCUT2D eigenvalue weighted by molar-refractivity contribution is 0.199. The molecule has 0 aliphatic heterocycles. The van der Waals surface area contributed by atoms with Crippen molar-refractivity contribution in [3.63, 3.8) is 0 Å². The van der Waals surface area contributed by atoms with Crippen LogP contribution in [0.4, 0.5) is 10.5 Å². The SMILES string of the molecule is CCC(c1nc2ccccc2c(=O)n1-c1ccc(OC)cc1)N(C)C(=O)Nc1cccc(Br)c1. The van der Waals surface area contributed by atoms with E-state index < -0.39 is 6.04 Å². The highest BCUT2D eigenvalue weighted by Crippen LogP contribution is 2.26. The summed E-state index contributed by atoms with van der Waals surface area (Å²) in [5.74, 6) is 1.17. The van der Waals surface area contributed by atoms with Gasteiger partial charge in [0.15, 0.2) is 0 Å². The van der Waals surface area contributed by atoms with E-state index in [0.717, 1.165) is 4.47 Å². The minimum atomic E-state index is -0.452. The first-order valence-corrected chi connectivity index (χ1v) is 11.7. The van der Waals surface area contributed by atoms with Gasteiger partial charge in [-0.25, -0.2) is 9.78 Å². The molecule has 4 aromatic rings. The van der Waals surface area contributed by atoms with E-state index >= 15 is 0 Å². The van der Waals surface area contributed by atoms with Crippen LogP contribution < -0.4 is 15.6 Å². The highest BCUT2D eigenvalue weighted by atomic mass is 79.9. The number of nitrogens with one attached hydrogen (secondary N) is 1. The van der Waals surface area contributed by atoms with Crippen molar-refractivity contribution in [2.24, 2.45) is 0 Å². The van der Waals surface area contributed by atoms with Crippen molar-refractivity contribution < 1.29 is 9.53 Å². The molecule has 1 aromatic heterocycles. The van der Waals surface area contributed by atoms with Crippen LogP contribution in [0.5, 0.6) is 5.75 Å². The summed E-state index contributed by atoms with van der Waals surface area (Å²) >= 11 is 3.42. The molecule has 174 valence electrons. The molecule has 0 aliphatic rings. The first kappa shape index (κ1) is 23.5. The normalized spacial score (nSPS) is 11.8. The monoisotopic (exact) mass is 520 g/mol. The number of carbonyl (C=O) groups excluding carboxylic acids is 1. The fraction of sp³-hybridized carbons (Fsp3) is 0.192. The van der Waals surface area contributed by atoms with Crippen molar-refractivity contribution in [1.29, 1.82) is 0 Å². The second kappa shape index (κ2) is 10.1. The number of hydrogen-bond acceptors (Lipinski definition) is 4. The molecule has 8 heteroatoms. The number of rotatable bonds is 6. The minimum Gasteiger partial charge on any atom is -0.497 e. The molecule has 4 rings (SSSR count). The number of halogens is 1. The first-order chi connectivity index (χ1) is 16.4. The maximum atomic E-state index is 13.6. The van der Waals surface area contributed by atoms with E-state index in [1.807, 2.05) is 61.5 Å². The number of methoxy groups -OCH3 is 1. The molecule has 0 saturated heterocycles. The zero-order valence-electron chi connectivity index (χ0n) is 19.2. The molecule has 1 unspecified atom stereocenters. The molecule has 7 nitrogen and oxygen atoms in total. The Labute approximate surface area is 206 Å². The van der Waals surface area contributed by atoms with Crippen molar-refractivity contribution in [3.8, 4) is 11.4 Å². The fourth-order valence-electron chi connectivity index (χ4n) is 3.90. The Morgan fingerprint density at radius 1 is 1.12 bits per heavy atom. The Morgan fingerprint density at radius 3 is 2.53 bits per heavy atom. The number of nitrogens with zero attached hydrogens (tertiary/aromatic N) is 3. The number of carbonyl (C=O) groups is 1. The molecule has 3 aromatic carbocycles. The fourth-order valence-corrected chi connectivity index (χ4v) is 4.30. The molecule has 0 bridgehead atoms. The second-order valence-electron chi connectivity index (χ2n) is 7.80. The minimum absolute atomic E-state index is 0.190. The van der Waals surface area contributed by atoms with Gasteiger partial charge < -0.3 is 15.0 Å². The molecule has 0 fully saturated rings. The topological polar surface area (TPSA) is 76.5 Å². The standard InChI is InChI=1S/C26H25BrN4O3/c1-4-23(30(2)26(33)28-18-9-7-8-17(27)16-18)24-29-22-11-6-5-10-21(22)25(32)31(24)19-12-14-20(34-3)15-13-19/h5-16,23H,4H2,1-3H3,(H,28,33). The van der Waals surface area contributed by atoms with Crippen LogP contribution in [0.3, 0.4) is 0 Å². The number of benzene rings is 3. The summed E-state index contributed by atoms with van der Waals surface area (Å²) in [6.45, 7) is 1.97. The van der Waals surface area contributed by atoms with Crippen LogP contribution in [-0.4, -0.2) is 34.6 Å². The lowest BCUT2D eigenvalue weighted by atomic mass is 10.1. The molecule has 0 radical (unpaired) electrons. The Balaban J connectivity index is 1.81. The highest BCUT2D eigenvalue weighted by Gasteiger charge is 2.26. The van der Waals surface area contributed by atoms with Gasteiger partial charge in [0.25, 0.3) is 5.56 Å². The summed E-state index contributed by atoms with van der Waals surface area (Å²) in [5.41, 5.74) is 1.72. The number of anilines is 1. The number of fused-ring (bicyclic) bond motifs is 1. The van der Waals surface area contributed by atoms with Gasteiger partial charge in [-0.3, -0.25) is 9.36 Å².